The molecular weight excluding hydrogens is 222 g/mol. The van der Waals surface area contributed by atoms with E-state index in [0.717, 1.165) is 5.75 Å². The Labute approximate surface area is 99.2 Å². The summed E-state index contributed by atoms with van der Waals surface area (Å²) >= 11 is 1.78. The number of amides is 1. The number of aliphatic hydroxyl groups is 1. The number of benzene rings is 1. The minimum absolute atomic E-state index is 0.239. The van der Waals surface area contributed by atoms with Gasteiger partial charge < -0.3 is 10.4 Å². The van der Waals surface area contributed by atoms with E-state index in [1.54, 1.807) is 11.8 Å². The second-order valence-electron chi connectivity index (χ2n) is 3.92. The van der Waals surface area contributed by atoms with Gasteiger partial charge in [0.15, 0.2) is 0 Å². The first-order valence-corrected chi connectivity index (χ1v) is 6.42. The second-order valence-corrected chi connectivity index (χ2v) is 5.20. The zero-order valence-electron chi connectivity index (χ0n) is 8.93. The summed E-state index contributed by atoms with van der Waals surface area (Å²) in [6.07, 6.45) is -0.273. The molecule has 16 heavy (non-hydrogen) atoms. The highest BCUT2D eigenvalue weighted by atomic mass is 32.2. The average molecular weight is 237 g/mol. The maximum Gasteiger partial charge on any atom is 0.248 e. The highest BCUT2D eigenvalue weighted by Gasteiger charge is 2.26. The Bertz CT molecular complexity index is 355. The molecule has 0 aliphatic carbocycles. The molecule has 1 saturated heterocycles. The van der Waals surface area contributed by atoms with E-state index in [4.69, 9.17) is 0 Å². The van der Waals surface area contributed by atoms with E-state index >= 15 is 0 Å². The number of hydrogen-bond acceptors (Lipinski definition) is 3. The van der Waals surface area contributed by atoms with Crippen LogP contribution in [0.3, 0.4) is 0 Å². The standard InChI is InChI=1S/C12H15NO2S/c14-11-6-10(7-13-12(11)15)16-8-9-4-2-1-3-5-9/h1-5,10-11,14H,6-8H2,(H,13,15). The van der Waals surface area contributed by atoms with Crippen molar-refractivity contribution >= 4 is 17.7 Å². The van der Waals surface area contributed by atoms with Crippen LogP contribution in [-0.4, -0.2) is 28.9 Å². The van der Waals surface area contributed by atoms with Crippen LogP contribution in [-0.2, 0) is 10.5 Å². The van der Waals surface area contributed by atoms with E-state index < -0.39 is 6.10 Å². The Morgan fingerprint density at radius 3 is 2.81 bits per heavy atom. The van der Waals surface area contributed by atoms with Crippen LogP contribution in [0.5, 0.6) is 0 Å². The van der Waals surface area contributed by atoms with Gasteiger partial charge in [0.2, 0.25) is 5.91 Å². The summed E-state index contributed by atoms with van der Waals surface area (Å²) in [5.74, 6) is 0.685. The summed E-state index contributed by atoms with van der Waals surface area (Å²) in [4.78, 5) is 11.0. The Morgan fingerprint density at radius 2 is 2.12 bits per heavy atom. The predicted octanol–water partition coefficient (Wildman–Crippen LogP) is 1.17. The SMILES string of the molecule is O=C1NCC(SCc2ccccc2)CC1O. The summed E-state index contributed by atoms with van der Waals surface area (Å²) < 4.78 is 0. The third kappa shape index (κ3) is 3.00. The maximum atomic E-state index is 11.0. The molecule has 1 amide bonds. The zero-order valence-corrected chi connectivity index (χ0v) is 9.74. The van der Waals surface area contributed by atoms with Gasteiger partial charge in [0.1, 0.15) is 6.10 Å². The molecule has 2 N–H and O–H groups in total. The van der Waals surface area contributed by atoms with Gasteiger partial charge in [0, 0.05) is 17.5 Å². The number of aliphatic hydroxyl groups excluding tert-OH is 1. The minimum atomic E-state index is -0.831. The molecule has 86 valence electrons. The molecule has 0 bridgehead atoms. The molecule has 0 radical (unpaired) electrons. The van der Waals surface area contributed by atoms with Crippen molar-refractivity contribution in [2.75, 3.05) is 6.54 Å². The topological polar surface area (TPSA) is 49.3 Å². The quantitative estimate of drug-likeness (QED) is 0.829. The first-order valence-electron chi connectivity index (χ1n) is 5.37. The Hall–Kier alpha value is -1.00. The van der Waals surface area contributed by atoms with Crippen LogP contribution < -0.4 is 5.32 Å². The van der Waals surface area contributed by atoms with Crippen molar-refractivity contribution in [1.29, 1.82) is 0 Å². The number of carbonyl (C=O) groups excluding carboxylic acids is 1. The van der Waals surface area contributed by atoms with Crippen molar-refractivity contribution in [2.24, 2.45) is 0 Å². The summed E-state index contributed by atoms with van der Waals surface area (Å²) in [5.41, 5.74) is 1.28. The van der Waals surface area contributed by atoms with Crippen molar-refractivity contribution in [2.45, 2.75) is 23.5 Å². The molecule has 0 spiro atoms. The van der Waals surface area contributed by atoms with Crippen molar-refractivity contribution in [3.8, 4) is 0 Å². The van der Waals surface area contributed by atoms with Crippen LogP contribution >= 0.6 is 11.8 Å². The second kappa shape index (κ2) is 5.37. The van der Waals surface area contributed by atoms with Crippen LogP contribution in [0.25, 0.3) is 0 Å². The van der Waals surface area contributed by atoms with E-state index in [9.17, 15) is 9.90 Å². The average Bonchev–Trinajstić information content (AvgIpc) is 2.32. The van der Waals surface area contributed by atoms with Gasteiger partial charge >= 0.3 is 0 Å². The molecule has 0 saturated carbocycles. The third-order valence-electron chi connectivity index (χ3n) is 2.62. The monoisotopic (exact) mass is 237 g/mol. The fourth-order valence-electron chi connectivity index (χ4n) is 1.69. The van der Waals surface area contributed by atoms with Gasteiger partial charge in [-0.1, -0.05) is 30.3 Å². The molecule has 3 nitrogen and oxygen atoms in total. The van der Waals surface area contributed by atoms with Crippen molar-refractivity contribution < 1.29 is 9.90 Å². The fraction of sp³-hybridized carbons (Fsp3) is 0.417. The predicted molar refractivity (Wildman–Crippen MR) is 65.2 cm³/mol. The first-order chi connectivity index (χ1) is 7.75. The number of nitrogens with one attached hydrogen (secondary N) is 1. The normalized spacial score (nSPS) is 25.2. The van der Waals surface area contributed by atoms with Gasteiger partial charge in [-0.2, -0.15) is 11.8 Å². The van der Waals surface area contributed by atoms with Gasteiger partial charge in [0.05, 0.1) is 0 Å². The van der Waals surface area contributed by atoms with E-state index in [2.05, 4.69) is 17.4 Å². The van der Waals surface area contributed by atoms with E-state index in [1.807, 2.05) is 18.2 Å². The number of thioether (sulfide) groups is 1. The molecule has 1 aliphatic heterocycles. The lowest BCUT2D eigenvalue weighted by molar-refractivity contribution is -0.131. The molecule has 1 fully saturated rings. The van der Waals surface area contributed by atoms with Crippen LogP contribution in [0.2, 0.25) is 0 Å². The molecular formula is C12H15NO2S. The molecule has 2 atom stereocenters. The van der Waals surface area contributed by atoms with Crippen LogP contribution in [0.15, 0.2) is 30.3 Å². The highest BCUT2D eigenvalue weighted by molar-refractivity contribution is 7.99. The lowest BCUT2D eigenvalue weighted by Gasteiger charge is -2.25. The number of rotatable bonds is 3. The summed E-state index contributed by atoms with van der Waals surface area (Å²) in [5, 5.41) is 12.4. The Kier molecular flexibility index (Phi) is 3.85. The first kappa shape index (κ1) is 11.5. The fourth-order valence-corrected chi connectivity index (χ4v) is 2.83. The Morgan fingerprint density at radius 1 is 1.38 bits per heavy atom. The third-order valence-corrected chi connectivity index (χ3v) is 3.95. The maximum absolute atomic E-state index is 11.0. The number of carbonyl (C=O) groups is 1. The largest absolute Gasteiger partial charge is 0.383 e. The van der Waals surface area contributed by atoms with E-state index in [-0.39, 0.29) is 5.91 Å². The molecule has 1 heterocycles. The Balaban J connectivity index is 1.81. The summed E-state index contributed by atoms with van der Waals surface area (Å²) in [7, 11) is 0. The highest BCUT2D eigenvalue weighted by Crippen LogP contribution is 2.23. The van der Waals surface area contributed by atoms with Gasteiger partial charge in [-0.05, 0) is 12.0 Å². The van der Waals surface area contributed by atoms with Crippen LogP contribution in [0.1, 0.15) is 12.0 Å². The smallest absolute Gasteiger partial charge is 0.248 e. The molecule has 4 heteroatoms. The minimum Gasteiger partial charge on any atom is -0.383 e. The molecule has 1 aromatic carbocycles. The number of hydrogen-bond donors (Lipinski definition) is 2. The molecule has 1 aromatic rings. The van der Waals surface area contributed by atoms with Crippen molar-refractivity contribution in [1.82, 2.24) is 5.32 Å². The van der Waals surface area contributed by atoms with Gasteiger partial charge in [-0.15, -0.1) is 0 Å². The van der Waals surface area contributed by atoms with Crippen molar-refractivity contribution in [3.63, 3.8) is 0 Å². The molecule has 2 rings (SSSR count). The van der Waals surface area contributed by atoms with Crippen molar-refractivity contribution in [3.05, 3.63) is 35.9 Å². The molecule has 0 aromatic heterocycles. The van der Waals surface area contributed by atoms with Gasteiger partial charge in [-0.3, -0.25) is 4.79 Å². The molecule has 1 aliphatic rings. The van der Waals surface area contributed by atoms with E-state index in [0.29, 0.717) is 18.2 Å². The molecule has 2 unspecified atom stereocenters. The summed E-state index contributed by atoms with van der Waals surface area (Å²) in [6, 6.07) is 10.2. The van der Waals surface area contributed by atoms with Gasteiger partial charge in [-0.25, -0.2) is 0 Å². The van der Waals surface area contributed by atoms with Gasteiger partial charge in [0.25, 0.3) is 0 Å². The van der Waals surface area contributed by atoms with E-state index in [1.165, 1.54) is 5.56 Å². The lowest BCUT2D eigenvalue weighted by Crippen LogP contribution is -2.46. The number of piperidine rings is 1. The zero-order chi connectivity index (χ0) is 11.4. The lowest BCUT2D eigenvalue weighted by atomic mass is 10.1. The van der Waals surface area contributed by atoms with Crippen LogP contribution in [0, 0.1) is 0 Å². The summed E-state index contributed by atoms with van der Waals surface area (Å²) in [6.45, 7) is 0.660. The van der Waals surface area contributed by atoms with Crippen LogP contribution in [0.4, 0.5) is 0 Å².